The number of halogens is 1. The molecule has 0 unspecified atom stereocenters. The Balaban J connectivity index is 1.96. The lowest BCUT2D eigenvalue weighted by molar-refractivity contribution is 0.405. The first-order valence-corrected chi connectivity index (χ1v) is 8.72. The molecule has 6 nitrogen and oxygen atoms in total. The molecule has 0 aliphatic heterocycles. The Labute approximate surface area is 163 Å². The van der Waals surface area contributed by atoms with Crippen molar-refractivity contribution in [1.82, 2.24) is 9.97 Å². The Bertz CT molecular complexity index is 935. The quantitative estimate of drug-likeness (QED) is 0.647. The summed E-state index contributed by atoms with van der Waals surface area (Å²) in [7, 11) is 5.11. The molecular weight excluding hydrogens is 364 g/mol. The number of aromatic nitrogens is 2. The Morgan fingerprint density at radius 1 is 0.963 bits per heavy atom. The minimum atomic E-state index is 0.454. The molecule has 7 heteroatoms. The molecule has 0 amide bonds. The van der Waals surface area contributed by atoms with Gasteiger partial charge in [-0.15, -0.1) is 0 Å². The van der Waals surface area contributed by atoms with Gasteiger partial charge in [-0.3, -0.25) is 0 Å². The van der Waals surface area contributed by atoms with Gasteiger partial charge in [-0.25, -0.2) is 4.98 Å². The summed E-state index contributed by atoms with van der Waals surface area (Å²) in [5.41, 5.74) is 2.54. The summed E-state index contributed by atoms with van der Waals surface area (Å²) < 4.78 is 10.7. The van der Waals surface area contributed by atoms with Crippen LogP contribution in [0.1, 0.15) is 5.69 Å². The number of hydrogen-bond acceptors (Lipinski definition) is 6. The molecule has 27 heavy (non-hydrogen) atoms. The van der Waals surface area contributed by atoms with E-state index in [4.69, 9.17) is 21.1 Å². The van der Waals surface area contributed by atoms with E-state index < -0.39 is 0 Å². The first kappa shape index (κ1) is 18.8. The van der Waals surface area contributed by atoms with Gasteiger partial charge in [0.25, 0.3) is 0 Å². The van der Waals surface area contributed by atoms with E-state index in [1.54, 1.807) is 26.4 Å². The molecule has 1 heterocycles. The van der Waals surface area contributed by atoms with Crippen LogP contribution in [-0.4, -0.2) is 31.2 Å². The third-order valence-corrected chi connectivity index (χ3v) is 4.34. The zero-order valence-electron chi connectivity index (χ0n) is 15.7. The maximum Gasteiger partial charge on any atom is 0.229 e. The lowest BCUT2D eigenvalue weighted by Crippen LogP contribution is -2.13. The van der Waals surface area contributed by atoms with Crippen LogP contribution in [0.25, 0.3) is 0 Å². The zero-order valence-corrected chi connectivity index (χ0v) is 16.4. The summed E-state index contributed by atoms with van der Waals surface area (Å²) in [6.07, 6.45) is 0. The highest BCUT2D eigenvalue weighted by Gasteiger charge is 2.13. The van der Waals surface area contributed by atoms with Crippen LogP contribution in [-0.2, 0) is 0 Å². The summed E-state index contributed by atoms with van der Waals surface area (Å²) in [5.74, 6) is 2.34. The standard InChI is InChI=1S/C20H21ClN4O2/c1-13-10-19(25(2)14-8-6-5-7-9-14)24-20(22-13)23-16-12-17(26-3)15(21)11-18(16)27-4/h5-12H,1-4H3,(H,22,23,24). The third-order valence-electron chi connectivity index (χ3n) is 4.05. The van der Waals surface area contributed by atoms with Crippen LogP contribution in [0.15, 0.2) is 48.5 Å². The molecule has 0 saturated carbocycles. The molecule has 0 fully saturated rings. The minimum absolute atomic E-state index is 0.454. The normalized spacial score (nSPS) is 10.4. The number of ether oxygens (including phenoxy) is 2. The molecule has 0 aliphatic rings. The first-order valence-electron chi connectivity index (χ1n) is 8.35. The summed E-state index contributed by atoms with van der Waals surface area (Å²) in [6, 6.07) is 15.4. The SMILES string of the molecule is COc1cc(Nc2nc(C)cc(N(C)c3ccccc3)n2)c(OC)cc1Cl. The van der Waals surface area contributed by atoms with Crippen LogP contribution in [0, 0.1) is 6.92 Å². The maximum atomic E-state index is 6.17. The number of rotatable bonds is 6. The third kappa shape index (κ3) is 4.23. The minimum Gasteiger partial charge on any atom is -0.495 e. The largest absolute Gasteiger partial charge is 0.495 e. The number of hydrogen-bond donors (Lipinski definition) is 1. The topological polar surface area (TPSA) is 59.5 Å². The van der Waals surface area contributed by atoms with Crippen LogP contribution >= 0.6 is 11.6 Å². The molecule has 0 radical (unpaired) electrons. The molecule has 2 aromatic carbocycles. The number of nitrogens with zero attached hydrogens (tertiary/aromatic N) is 3. The van der Waals surface area contributed by atoms with E-state index in [0.717, 1.165) is 17.2 Å². The predicted octanol–water partition coefficient (Wildman–Crippen LogP) is 4.97. The fourth-order valence-electron chi connectivity index (χ4n) is 2.64. The summed E-state index contributed by atoms with van der Waals surface area (Å²) in [4.78, 5) is 11.1. The molecule has 0 bridgehead atoms. The van der Waals surface area contributed by atoms with Gasteiger partial charge in [0.05, 0.1) is 24.9 Å². The number of anilines is 4. The van der Waals surface area contributed by atoms with Crippen LogP contribution < -0.4 is 19.7 Å². The molecule has 0 saturated heterocycles. The molecule has 0 atom stereocenters. The lowest BCUT2D eigenvalue weighted by atomic mass is 10.2. The van der Waals surface area contributed by atoms with Crippen LogP contribution in [0.4, 0.5) is 23.1 Å². The smallest absolute Gasteiger partial charge is 0.229 e. The Morgan fingerprint density at radius 3 is 2.33 bits per heavy atom. The number of nitrogens with one attached hydrogen (secondary N) is 1. The average Bonchev–Trinajstić information content (AvgIpc) is 2.68. The molecule has 0 spiro atoms. The highest BCUT2D eigenvalue weighted by Crippen LogP contribution is 2.37. The van der Waals surface area contributed by atoms with Gasteiger partial charge in [0.1, 0.15) is 17.3 Å². The van der Waals surface area contributed by atoms with Crippen LogP contribution in [0.5, 0.6) is 11.5 Å². The number of methoxy groups -OCH3 is 2. The highest BCUT2D eigenvalue weighted by molar-refractivity contribution is 6.32. The molecule has 3 aromatic rings. The van der Waals surface area contributed by atoms with Gasteiger partial charge in [0, 0.05) is 36.6 Å². The molecule has 1 N–H and O–H groups in total. The number of benzene rings is 2. The van der Waals surface area contributed by atoms with Gasteiger partial charge in [0.15, 0.2) is 0 Å². The van der Waals surface area contributed by atoms with Gasteiger partial charge < -0.3 is 19.7 Å². The molecule has 1 aromatic heterocycles. The van der Waals surface area contributed by atoms with E-state index in [-0.39, 0.29) is 0 Å². The van der Waals surface area contributed by atoms with E-state index in [1.807, 2.05) is 55.3 Å². The fourth-order valence-corrected chi connectivity index (χ4v) is 2.87. The molecule has 3 rings (SSSR count). The first-order chi connectivity index (χ1) is 13.0. The van der Waals surface area contributed by atoms with Crippen LogP contribution in [0.3, 0.4) is 0 Å². The maximum absolute atomic E-state index is 6.17. The predicted molar refractivity (Wildman–Crippen MR) is 109 cm³/mol. The van der Waals surface area contributed by atoms with Crippen molar-refractivity contribution >= 4 is 34.7 Å². The van der Waals surface area contributed by atoms with E-state index in [0.29, 0.717) is 28.2 Å². The average molecular weight is 385 g/mol. The monoisotopic (exact) mass is 384 g/mol. The Morgan fingerprint density at radius 2 is 1.67 bits per heavy atom. The van der Waals surface area contributed by atoms with Crippen molar-refractivity contribution in [2.45, 2.75) is 6.92 Å². The lowest BCUT2D eigenvalue weighted by Gasteiger charge is -2.20. The second-order valence-electron chi connectivity index (χ2n) is 5.90. The van der Waals surface area contributed by atoms with Gasteiger partial charge in [0.2, 0.25) is 5.95 Å². The number of para-hydroxylation sites is 1. The van der Waals surface area contributed by atoms with E-state index in [2.05, 4.69) is 15.3 Å². The van der Waals surface area contributed by atoms with E-state index >= 15 is 0 Å². The second kappa shape index (κ2) is 8.14. The van der Waals surface area contributed by atoms with Crippen molar-refractivity contribution in [3.8, 4) is 11.5 Å². The van der Waals surface area contributed by atoms with E-state index in [1.165, 1.54) is 0 Å². The zero-order chi connectivity index (χ0) is 19.4. The molecule has 140 valence electrons. The highest BCUT2D eigenvalue weighted by atomic mass is 35.5. The van der Waals surface area contributed by atoms with E-state index in [9.17, 15) is 0 Å². The molecule has 0 aliphatic carbocycles. The van der Waals surface area contributed by atoms with Crippen molar-refractivity contribution in [3.63, 3.8) is 0 Å². The van der Waals surface area contributed by atoms with Gasteiger partial charge in [-0.2, -0.15) is 4.98 Å². The number of aryl methyl sites for hydroxylation is 1. The Kier molecular flexibility index (Phi) is 5.66. The van der Waals surface area contributed by atoms with Crippen molar-refractivity contribution in [3.05, 3.63) is 59.2 Å². The van der Waals surface area contributed by atoms with Gasteiger partial charge >= 0.3 is 0 Å². The second-order valence-corrected chi connectivity index (χ2v) is 6.30. The Hall–Kier alpha value is -2.99. The fraction of sp³-hybridized carbons (Fsp3) is 0.200. The van der Waals surface area contributed by atoms with Crippen molar-refractivity contribution in [2.75, 3.05) is 31.5 Å². The van der Waals surface area contributed by atoms with Crippen molar-refractivity contribution in [2.24, 2.45) is 0 Å². The van der Waals surface area contributed by atoms with Crippen molar-refractivity contribution in [1.29, 1.82) is 0 Å². The summed E-state index contributed by atoms with van der Waals surface area (Å²) in [5, 5.41) is 3.67. The van der Waals surface area contributed by atoms with Crippen molar-refractivity contribution < 1.29 is 9.47 Å². The van der Waals surface area contributed by atoms with Crippen LogP contribution in [0.2, 0.25) is 5.02 Å². The van der Waals surface area contributed by atoms with Gasteiger partial charge in [-0.05, 0) is 19.1 Å². The van der Waals surface area contributed by atoms with Gasteiger partial charge in [-0.1, -0.05) is 29.8 Å². The summed E-state index contributed by atoms with van der Waals surface area (Å²) >= 11 is 6.17. The molecular formula is C20H21ClN4O2. The summed E-state index contributed by atoms with van der Waals surface area (Å²) in [6.45, 7) is 1.93.